The first-order valence-corrected chi connectivity index (χ1v) is 12.6. The number of methoxy groups -OCH3 is 1. The maximum absolute atomic E-state index is 15.4. The second-order valence-corrected chi connectivity index (χ2v) is 9.73. The molecule has 0 aliphatic carbocycles. The van der Waals surface area contributed by atoms with Crippen LogP contribution in [0.5, 0.6) is 17.2 Å². The van der Waals surface area contributed by atoms with Crippen molar-refractivity contribution in [2.75, 3.05) is 25.6 Å². The molecule has 0 aliphatic heterocycles. The minimum atomic E-state index is -3.81. The molecule has 40 heavy (non-hydrogen) atoms. The summed E-state index contributed by atoms with van der Waals surface area (Å²) in [5.41, 5.74) is -2.81. The minimum Gasteiger partial charge on any atom is -0.493 e. The third-order valence-electron chi connectivity index (χ3n) is 6.29. The second kappa shape index (κ2) is 11.5. The fourth-order valence-corrected chi connectivity index (χ4v) is 4.12. The number of hydrogen-bond acceptors (Lipinski definition) is 8. The summed E-state index contributed by atoms with van der Waals surface area (Å²) in [6, 6.07) is 9.89. The van der Waals surface area contributed by atoms with Crippen LogP contribution in [-0.4, -0.2) is 46.0 Å². The lowest BCUT2D eigenvalue weighted by Gasteiger charge is -2.30. The van der Waals surface area contributed by atoms with E-state index in [4.69, 9.17) is 14.2 Å². The first-order valence-electron chi connectivity index (χ1n) is 12.6. The molecular formula is C29H31F3N4O4. The van der Waals surface area contributed by atoms with E-state index in [9.17, 15) is 13.9 Å². The molecule has 212 valence electrons. The van der Waals surface area contributed by atoms with Crippen molar-refractivity contribution < 1.29 is 32.5 Å². The zero-order valence-corrected chi connectivity index (χ0v) is 22.8. The lowest BCUT2D eigenvalue weighted by atomic mass is 9.91. The molecule has 2 aromatic heterocycles. The summed E-state index contributed by atoms with van der Waals surface area (Å²) in [6.07, 6.45) is 3.25. The third-order valence-corrected chi connectivity index (χ3v) is 6.29. The van der Waals surface area contributed by atoms with Gasteiger partial charge in [-0.2, -0.15) is 8.78 Å². The van der Waals surface area contributed by atoms with E-state index < -0.39 is 28.9 Å². The molecule has 8 nitrogen and oxygen atoms in total. The summed E-state index contributed by atoms with van der Waals surface area (Å²) < 4.78 is 62.1. The fourth-order valence-electron chi connectivity index (χ4n) is 4.12. The monoisotopic (exact) mass is 556 g/mol. The van der Waals surface area contributed by atoms with E-state index in [2.05, 4.69) is 20.3 Å². The highest BCUT2D eigenvalue weighted by Crippen LogP contribution is 2.41. The van der Waals surface area contributed by atoms with Crippen molar-refractivity contribution in [3.05, 3.63) is 77.6 Å². The number of hydrogen-bond donors (Lipinski definition) is 2. The molecule has 0 bridgehead atoms. The van der Waals surface area contributed by atoms with Gasteiger partial charge in [-0.15, -0.1) is 0 Å². The average molecular weight is 557 g/mol. The van der Waals surface area contributed by atoms with Crippen LogP contribution in [0.2, 0.25) is 0 Å². The van der Waals surface area contributed by atoms with Gasteiger partial charge in [0, 0.05) is 23.2 Å². The predicted molar refractivity (Wildman–Crippen MR) is 145 cm³/mol. The van der Waals surface area contributed by atoms with E-state index in [1.807, 2.05) is 0 Å². The number of nitrogens with zero attached hydrogens (tertiary/aromatic N) is 3. The van der Waals surface area contributed by atoms with Gasteiger partial charge in [0.25, 0.3) is 0 Å². The topological polar surface area (TPSA) is 98.6 Å². The summed E-state index contributed by atoms with van der Waals surface area (Å²) in [7, 11) is 1.51. The second-order valence-electron chi connectivity index (χ2n) is 9.73. The normalized spacial score (nSPS) is 12.7. The molecule has 0 amide bonds. The maximum atomic E-state index is 15.4. The Labute approximate surface area is 230 Å². The fraction of sp³-hybridized carbons (Fsp3) is 0.345. The number of halogens is 3. The van der Waals surface area contributed by atoms with Gasteiger partial charge in [0.1, 0.15) is 42.0 Å². The van der Waals surface area contributed by atoms with E-state index in [1.165, 1.54) is 19.2 Å². The molecule has 2 heterocycles. The zero-order chi connectivity index (χ0) is 29.1. The van der Waals surface area contributed by atoms with E-state index in [1.54, 1.807) is 50.5 Å². The molecule has 2 N–H and O–H groups in total. The van der Waals surface area contributed by atoms with Gasteiger partial charge in [0.2, 0.25) is 0 Å². The van der Waals surface area contributed by atoms with Crippen molar-refractivity contribution in [3.63, 3.8) is 0 Å². The molecule has 0 aliphatic rings. The highest BCUT2D eigenvalue weighted by Gasteiger charge is 2.49. The SMILES string of the molecule is COc1cc2nc(C)nc(N[C@H](C)c3cccc(C(F)(F)C(C)(C)O)c3F)c2cc1OCCOc1cccnc1. The molecule has 1 atom stereocenters. The van der Waals surface area contributed by atoms with Crippen LogP contribution in [0.3, 0.4) is 0 Å². The van der Waals surface area contributed by atoms with Crippen LogP contribution < -0.4 is 19.5 Å². The van der Waals surface area contributed by atoms with Crippen molar-refractivity contribution in [1.29, 1.82) is 0 Å². The van der Waals surface area contributed by atoms with E-state index in [-0.39, 0.29) is 18.8 Å². The number of ether oxygens (including phenoxy) is 3. The highest BCUT2D eigenvalue weighted by atomic mass is 19.3. The molecule has 4 rings (SSSR count). The van der Waals surface area contributed by atoms with Crippen LogP contribution in [0.25, 0.3) is 10.9 Å². The van der Waals surface area contributed by atoms with Crippen molar-refractivity contribution in [3.8, 4) is 17.2 Å². The van der Waals surface area contributed by atoms with Gasteiger partial charge >= 0.3 is 5.92 Å². The van der Waals surface area contributed by atoms with Gasteiger partial charge in [-0.1, -0.05) is 12.1 Å². The minimum absolute atomic E-state index is 0.0108. The number of pyridine rings is 1. The Kier molecular flexibility index (Phi) is 8.34. The van der Waals surface area contributed by atoms with Crippen molar-refractivity contribution >= 4 is 16.7 Å². The molecule has 0 saturated carbocycles. The van der Waals surface area contributed by atoms with Crippen molar-refractivity contribution in [1.82, 2.24) is 15.0 Å². The summed E-state index contributed by atoms with van der Waals surface area (Å²) >= 11 is 0. The van der Waals surface area contributed by atoms with Gasteiger partial charge in [-0.25, -0.2) is 14.4 Å². The number of aliphatic hydroxyl groups is 1. The molecule has 0 fully saturated rings. The van der Waals surface area contributed by atoms with Crippen LogP contribution in [0.4, 0.5) is 19.0 Å². The first-order chi connectivity index (χ1) is 18.9. The van der Waals surface area contributed by atoms with Gasteiger partial charge in [-0.05, 0) is 52.0 Å². The Balaban J connectivity index is 1.62. The number of nitrogens with one attached hydrogen (secondary N) is 1. The summed E-state index contributed by atoms with van der Waals surface area (Å²) in [5, 5.41) is 13.6. The van der Waals surface area contributed by atoms with E-state index in [0.717, 1.165) is 19.9 Å². The van der Waals surface area contributed by atoms with Gasteiger partial charge in [-0.3, -0.25) is 4.98 Å². The Bertz CT molecular complexity index is 1480. The number of anilines is 1. The smallest absolute Gasteiger partial charge is 0.303 e. The Morgan fingerprint density at radius 2 is 1.77 bits per heavy atom. The molecular weight excluding hydrogens is 525 g/mol. The standard InChI is InChI=1S/C29H31F3N4O4/c1-17(20-9-6-10-22(26(20)30)29(31,32)28(3,4)37)34-27-21-14-25(24(38-5)15-23(21)35-18(2)36-27)40-13-12-39-19-8-7-11-33-16-19/h6-11,14-17,37H,12-13H2,1-5H3,(H,34,35,36)/t17-/m1/s1. The Hall–Kier alpha value is -4.12. The number of benzene rings is 2. The summed E-state index contributed by atoms with van der Waals surface area (Å²) in [5.74, 6) is -2.67. The number of aryl methyl sites for hydroxylation is 1. The molecule has 2 aromatic carbocycles. The summed E-state index contributed by atoms with van der Waals surface area (Å²) in [6.45, 7) is 5.67. The van der Waals surface area contributed by atoms with Gasteiger partial charge in [0.05, 0.1) is 30.4 Å². The van der Waals surface area contributed by atoms with Crippen LogP contribution in [-0.2, 0) is 5.92 Å². The third kappa shape index (κ3) is 6.04. The first kappa shape index (κ1) is 28.9. The average Bonchev–Trinajstić information content (AvgIpc) is 2.90. The van der Waals surface area contributed by atoms with Crippen LogP contribution in [0, 0.1) is 12.7 Å². The van der Waals surface area contributed by atoms with Gasteiger partial charge < -0.3 is 24.6 Å². The number of rotatable bonds is 11. The molecule has 0 saturated heterocycles. The van der Waals surface area contributed by atoms with E-state index in [0.29, 0.717) is 39.8 Å². The molecule has 4 aromatic rings. The van der Waals surface area contributed by atoms with Crippen LogP contribution in [0.1, 0.15) is 43.8 Å². The highest BCUT2D eigenvalue weighted by molar-refractivity contribution is 5.92. The van der Waals surface area contributed by atoms with Gasteiger partial charge in [0.15, 0.2) is 11.5 Å². The Morgan fingerprint density at radius 1 is 1.02 bits per heavy atom. The van der Waals surface area contributed by atoms with Crippen LogP contribution in [0.15, 0.2) is 54.9 Å². The predicted octanol–water partition coefficient (Wildman–Crippen LogP) is 5.97. The van der Waals surface area contributed by atoms with Crippen molar-refractivity contribution in [2.24, 2.45) is 0 Å². The number of aromatic nitrogens is 3. The molecule has 0 radical (unpaired) electrons. The number of alkyl halides is 2. The van der Waals surface area contributed by atoms with Crippen molar-refractivity contribution in [2.45, 2.75) is 45.3 Å². The molecule has 0 spiro atoms. The largest absolute Gasteiger partial charge is 0.493 e. The lowest BCUT2D eigenvalue weighted by molar-refractivity contribution is -0.170. The maximum Gasteiger partial charge on any atom is 0.303 e. The Morgan fingerprint density at radius 3 is 2.45 bits per heavy atom. The number of fused-ring (bicyclic) bond motifs is 1. The zero-order valence-electron chi connectivity index (χ0n) is 22.8. The quantitative estimate of drug-likeness (QED) is 0.218. The molecule has 11 heteroatoms. The van der Waals surface area contributed by atoms with Crippen LogP contribution >= 0.6 is 0 Å². The lowest BCUT2D eigenvalue weighted by Crippen LogP contribution is -2.41. The molecule has 0 unspecified atom stereocenters. The van der Waals surface area contributed by atoms with E-state index >= 15 is 4.39 Å². The summed E-state index contributed by atoms with van der Waals surface area (Å²) in [4.78, 5) is 13.0.